The van der Waals surface area contributed by atoms with Crippen LogP contribution in [-0.4, -0.2) is 11.7 Å². The maximum Gasteiger partial charge on any atom is 0.255 e. The molecule has 0 radical (unpaired) electrons. The van der Waals surface area contributed by atoms with Crippen LogP contribution in [0.2, 0.25) is 0 Å². The van der Waals surface area contributed by atoms with E-state index in [1.165, 1.54) is 30.0 Å². The van der Waals surface area contributed by atoms with Crippen molar-refractivity contribution >= 4 is 23.4 Å². The van der Waals surface area contributed by atoms with E-state index in [0.717, 1.165) is 31.4 Å². The summed E-state index contributed by atoms with van der Waals surface area (Å²) in [5.74, 6) is -4.68. The third-order valence-electron chi connectivity index (χ3n) is 4.71. The minimum Gasteiger partial charge on any atom is -0.322 e. The Bertz CT molecular complexity index is 844. The van der Waals surface area contributed by atoms with Gasteiger partial charge in [-0.3, -0.25) is 4.79 Å². The maximum absolute atomic E-state index is 14.1. The zero-order valence-electron chi connectivity index (χ0n) is 14.8. The predicted molar refractivity (Wildman–Crippen MR) is 98.0 cm³/mol. The SMILES string of the molecule is CCCC1(CSc2cc(C(=O)Nc3cc(F)c(F)c(F)c3)ccc2F)CC1. The molecule has 1 amide bonds. The van der Waals surface area contributed by atoms with Crippen LogP contribution < -0.4 is 5.32 Å². The minimum absolute atomic E-state index is 0.157. The van der Waals surface area contributed by atoms with Crippen molar-refractivity contribution in [2.24, 2.45) is 5.41 Å². The standard InChI is InChI=1S/C20H19F4NOS/c1-2-5-20(6-7-20)11-27-17-8-12(3-4-14(17)21)19(26)25-13-9-15(22)18(24)16(23)10-13/h3-4,8-10H,2,5-7,11H2,1H3,(H,25,26). The summed E-state index contributed by atoms with van der Waals surface area (Å²) in [4.78, 5) is 12.7. The van der Waals surface area contributed by atoms with Gasteiger partial charge in [-0.2, -0.15) is 0 Å². The van der Waals surface area contributed by atoms with E-state index in [0.29, 0.717) is 17.0 Å². The zero-order chi connectivity index (χ0) is 19.6. The Kier molecular flexibility index (Phi) is 5.79. The summed E-state index contributed by atoms with van der Waals surface area (Å²) >= 11 is 1.38. The van der Waals surface area contributed by atoms with Gasteiger partial charge in [0.25, 0.3) is 5.91 Å². The van der Waals surface area contributed by atoms with E-state index in [9.17, 15) is 22.4 Å². The second kappa shape index (κ2) is 7.92. The third kappa shape index (κ3) is 4.64. The first-order valence-corrected chi connectivity index (χ1v) is 9.70. The lowest BCUT2D eigenvalue weighted by Gasteiger charge is -2.14. The van der Waals surface area contributed by atoms with Crippen LogP contribution >= 0.6 is 11.8 Å². The fraction of sp³-hybridized carbons (Fsp3) is 0.350. The number of carbonyl (C=O) groups is 1. The number of benzene rings is 2. The Morgan fingerprint density at radius 3 is 2.33 bits per heavy atom. The van der Waals surface area contributed by atoms with Gasteiger partial charge in [-0.15, -0.1) is 11.8 Å². The van der Waals surface area contributed by atoms with Crippen molar-refractivity contribution < 1.29 is 22.4 Å². The van der Waals surface area contributed by atoms with Crippen LogP contribution in [0, 0.1) is 28.7 Å². The summed E-state index contributed by atoms with van der Waals surface area (Å²) in [5.41, 5.74) is 0.215. The molecule has 0 aromatic heterocycles. The quantitative estimate of drug-likeness (QED) is 0.344. The molecule has 0 spiro atoms. The Morgan fingerprint density at radius 2 is 1.74 bits per heavy atom. The molecule has 0 unspecified atom stereocenters. The summed E-state index contributed by atoms with van der Waals surface area (Å²) in [6, 6.07) is 5.30. The number of halogens is 4. The van der Waals surface area contributed by atoms with Crippen LogP contribution in [0.4, 0.5) is 23.2 Å². The van der Waals surface area contributed by atoms with Gasteiger partial charge in [-0.05, 0) is 42.9 Å². The average molecular weight is 397 g/mol. The van der Waals surface area contributed by atoms with Crippen molar-refractivity contribution in [3.05, 3.63) is 59.2 Å². The largest absolute Gasteiger partial charge is 0.322 e. The van der Waals surface area contributed by atoms with Gasteiger partial charge in [0.2, 0.25) is 0 Å². The van der Waals surface area contributed by atoms with Crippen LogP contribution in [0.3, 0.4) is 0 Å². The van der Waals surface area contributed by atoms with E-state index in [1.54, 1.807) is 0 Å². The molecule has 1 N–H and O–H groups in total. The highest BCUT2D eigenvalue weighted by atomic mass is 32.2. The normalized spacial score (nSPS) is 14.9. The number of rotatable bonds is 7. The van der Waals surface area contributed by atoms with Crippen LogP contribution in [-0.2, 0) is 0 Å². The van der Waals surface area contributed by atoms with Crippen molar-refractivity contribution in [3.8, 4) is 0 Å². The summed E-state index contributed by atoms with van der Waals surface area (Å²) in [6.07, 6.45) is 4.45. The van der Waals surface area contributed by atoms with E-state index in [-0.39, 0.29) is 16.7 Å². The molecular weight excluding hydrogens is 378 g/mol. The van der Waals surface area contributed by atoms with E-state index < -0.39 is 29.2 Å². The maximum atomic E-state index is 14.1. The average Bonchev–Trinajstić information content (AvgIpc) is 3.39. The smallest absolute Gasteiger partial charge is 0.255 e. The van der Waals surface area contributed by atoms with E-state index >= 15 is 0 Å². The molecule has 1 fully saturated rings. The number of amides is 1. The van der Waals surface area contributed by atoms with Gasteiger partial charge in [0, 0.05) is 34.0 Å². The molecule has 0 atom stereocenters. The number of nitrogens with one attached hydrogen (secondary N) is 1. The number of anilines is 1. The molecular formula is C20H19F4NOS. The monoisotopic (exact) mass is 397 g/mol. The van der Waals surface area contributed by atoms with Gasteiger partial charge in [0.15, 0.2) is 17.5 Å². The fourth-order valence-corrected chi connectivity index (χ4v) is 4.30. The molecule has 144 valence electrons. The lowest BCUT2D eigenvalue weighted by molar-refractivity contribution is 0.102. The summed E-state index contributed by atoms with van der Waals surface area (Å²) < 4.78 is 53.6. The Labute approximate surface area is 159 Å². The van der Waals surface area contributed by atoms with E-state index in [4.69, 9.17) is 0 Å². The Morgan fingerprint density at radius 1 is 1.07 bits per heavy atom. The molecule has 2 nitrogen and oxygen atoms in total. The highest BCUT2D eigenvalue weighted by Gasteiger charge is 2.41. The Balaban J connectivity index is 1.72. The first kappa shape index (κ1) is 19.7. The number of carbonyl (C=O) groups excluding carboxylic acids is 1. The third-order valence-corrected chi connectivity index (χ3v) is 6.09. The molecule has 0 saturated heterocycles. The summed E-state index contributed by atoms with van der Waals surface area (Å²) in [6.45, 7) is 2.12. The van der Waals surface area contributed by atoms with Gasteiger partial charge in [-0.25, -0.2) is 17.6 Å². The second-order valence-electron chi connectivity index (χ2n) is 6.89. The predicted octanol–water partition coefficient (Wildman–Crippen LogP) is 6.17. The number of thioether (sulfide) groups is 1. The molecule has 27 heavy (non-hydrogen) atoms. The highest BCUT2D eigenvalue weighted by molar-refractivity contribution is 7.99. The van der Waals surface area contributed by atoms with Crippen LogP contribution in [0.25, 0.3) is 0 Å². The first-order valence-electron chi connectivity index (χ1n) is 8.72. The highest BCUT2D eigenvalue weighted by Crippen LogP contribution is 2.52. The number of hydrogen-bond donors (Lipinski definition) is 1. The van der Waals surface area contributed by atoms with Crippen molar-refractivity contribution in [2.45, 2.75) is 37.5 Å². The van der Waals surface area contributed by atoms with Crippen molar-refractivity contribution in [1.29, 1.82) is 0 Å². The molecule has 0 bridgehead atoms. The second-order valence-corrected chi connectivity index (χ2v) is 7.91. The first-order chi connectivity index (χ1) is 12.8. The molecule has 1 aliphatic rings. The molecule has 3 rings (SSSR count). The summed E-state index contributed by atoms with van der Waals surface area (Å²) in [7, 11) is 0. The van der Waals surface area contributed by atoms with Crippen LogP contribution in [0.1, 0.15) is 43.0 Å². The van der Waals surface area contributed by atoms with Gasteiger partial charge in [0.1, 0.15) is 5.82 Å². The zero-order valence-corrected chi connectivity index (χ0v) is 15.6. The van der Waals surface area contributed by atoms with Gasteiger partial charge in [0.05, 0.1) is 0 Å². The topological polar surface area (TPSA) is 29.1 Å². The lowest BCUT2D eigenvalue weighted by Crippen LogP contribution is -2.13. The molecule has 2 aromatic carbocycles. The summed E-state index contributed by atoms with van der Waals surface area (Å²) in [5, 5.41) is 2.30. The van der Waals surface area contributed by atoms with Crippen molar-refractivity contribution in [1.82, 2.24) is 0 Å². The molecule has 0 heterocycles. The fourth-order valence-electron chi connectivity index (χ4n) is 2.99. The van der Waals surface area contributed by atoms with Crippen molar-refractivity contribution in [3.63, 3.8) is 0 Å². The molecule has 7 heteroatoms. The lowest BCUT2D eigenvalue weighted by atomic mass is 10.0. The Hall–Kier alpha value is -2.02. The van der Waals surface area contributed by atoms with Crippen LogP contribution in [0.15, 0.2) is 35.2 Å². The van der Waals surface area contributed by atoms with Gasteiger partial charge < -0.3 is 5.32 Å². The van der Waals surface area contributed by atoms with Gasteiger partial charge >= 0.3 is 0 Å². The van der Waals surface area contributed by atoms with E-state index in [2.05, 4.69) is 12.2 Å². The molecule has 2 aromatic rings. The molecule has 1 aliphatic carbocycles. The van der Waals surface area contributed by atoms with Crippen molar-refractivity contribution in [2.75, 3.05) is 11.1 Å². The van der Waals surface area contributed by atoms with Crippen LogP contribution in [0.5, 0.6) is 0 Å². The molecule has 0 aliphatic heterocycles. The van der Waals surface area contributed by atoms with Gasteiger partial charge in [-0.1, -0.05) is 13.3 Å². The minimum atomic E-state index is -1.60. The van der Waals surface area contributed by atoms with E-state index in [1.807, 2.05) is 0 Å². The molecule has 1 saturated carbocycles. The number of hydrogen-bond acceptors (Lipinski definition) is 2.